The molecule has 0 spiro atoms. The Morgan fingerprint density at radius 3 is 2.18 bits per heavy atom. The molecule has 0 atom stereocenters. The van der Waals surface area contributed by atoms with Gasteiger partial charge in [-0.05, 0) is 60.5 Å². The van der Waals surface area contributed by atoms with E-state index in [9.17, 15) is 5.26 Å². The van der Waals surface area contributed by atoms with E-state index in [1.54, 1.807) is 12.4 Å². The van der Waals surface area contributed by atoms with Crippen LogP contribution in [0.2, 0.25) is 0 Å². The molecule has 0 radical (unpaired) electrons. The van der Waals surface area contributed by atoms with Crippen molar-refractivity contribution in [1.29, 1.82) is 5.26 Å². The predicted molar refractivity (Wildman–Crippen MR) is 139 cm³/mol. The standard InChI is InChI=1S/C31H21N3/c1-21-11-12-30-28(17-21)25-9-5-6-10-29(25)34(30)31-18-24(20-32)26(23-13-15-33-16-14-23)19-27(31)22-7-3-2-4-8-22/h2-19H,1H3. The highest BCUT2D eigenvalue weighted by Crippen LogP contribution is 2.39. The summed E-state index contributed by atoms with van der Waals surface area (Å²) in [6.07, 6.45) is 3.53. The maximum Gasteiger partial charge on any atom is 0.0998 e. The van der Waals surface area contributed by atoms with Crippen molar-refractivity contribution in [2.45, 2.75) is 6.92 Å². The van der Waals surface area contributed by atoms with E-state index in [0.29, 0.717) is 5.56 Å². The van der Waals surface area contributed by atoms with E-state index in [0.717, 1.165) is 39.0 Å². The van der Waals surface area contributed by atoms with E-state index >= 15 is 0 Å². The molecule has 0 aliphatic heterocycles. The molecule has 2 aromatic heterocycles. The Kier molecular flexibility index (Phi) is 4.71. The minimum atomic E-state index is 0.638. The summed E-state index contributed by atoms with van der Waals surface area (Å²) < 4.78 is 2.30. The zero-order valence-electron chi connectivity index (χ0n) is 18.7. The fraction of sp³-hybridized carbons (Fsp3) is 0.0323. The molecule has 0 amide bonds. The molecule has 0 unspecified atom stereocenters. The van der Waals surface area contributed by atoms with Gasteiger partial charge >= 0.3 is 0 Å². The minimum absolute atomic E-state index is 0.638. The number of benzene rings is 4. The Bertz CT molecular complexity index is 1710. The molecule has 3 nitrogen and oxygen atoms in total. The predicted octanol–water partition coefficient (Wildman–Crippen LogP) is 7.69. The molecule has 6 rings (SSSR count). The molecular formula is C31H21N3. The molecule has 0 bridgehead atoms. The zero-order valence-corrected chi connectivity index (χ0v) is 18.7. The maximum atomic E-state index is 10.2. The van der Waals surface area contributed by atoms with Gasteiger partial charge in [0.15, 0.2) is 0 Å². The van der Waals surface area contributed by atoms with Crippen LogP contribution in [0, 0.1) is 18.3 Å². The summed E-state index contributed by atoms with van der Waals surface area (Å²) in [6, 6.07) is 36.0. The summed E-state index contributed by atoms with van der Waals surface area (Å²) in [5.74, 6) is 0. The number of rotatable bonds is 3. The lowest BCUT2D eigenvalue weighted by molar-refractivity contribution is 1.18. The van der Waals surface area contributed by atoms with Crippen molar-refractivity contribution in [3.05, 3.63) is 121 Å². The van der Waals surface area contributed by atoms with Crippen LogP contribution in [-0.2, 0) is 0 Å². The van der Waals surface area contributed by atoms with Crippen LogP contribution in [0.1, 0.15) is 11.1 Å². The van der Waals surface area contributed by atoms with E-state index in [4.69, 9.17) is 0 Å². The molecule has 34 heavy (non-hydrogen) atoms. The van der Waals surface area contributed by atoms with E-state index in [2.05, 4.69) is 95.3 Å². The van der Waals surface area contributed by atoms with Crippen molar-refractivity contribution in [2.24, 2.45) is 0 Å². The fourth-order valence-electron chi connectivity index (χ4n) is 4.83. The number of para-hydroxylation sites is 1. The van der Waals surface area contributed by atoms with Crippen molar-refractivity contribution < 1.29 is 0 Å². The molecule has 0 aliphatic rings. The highest BCUT2D eigenvalue weighted by molar-refractivity contribution is 6.10. The lowest BCUT2D eigenvalue weighted by Crippen LogP contribution is -2.00. The zero-order chi connectivity index (χ0) is 23.1. The molecular weight excluding hydrogens is 414 g/mol. The summed E-state index contributed by atoms with van der Waals surface area (Å²) in [4.78, 5) is 4.15. The van der Waals surface area contributed by atoms with Crippen LogP contribution in [0.3, 0.4) is 0 Å². The van der Waals surface area contributed by atoms with E-state index < -0.39 is 0 Å². The second-order valence-electron chi connectivity index (χ2n) is 8.50. The van der Waals surface area contributed by atoms with Gasteiger partial charge < -0.3 is 4.57 Å². The Morgan fingerprint density at radius 1 is 0.676 bits per heavy atom. The number of hydrogen-bond donors (Lipinski definition) is 0. The molecule has 0 N–H and O–H groups in total. The summed E-state index contributed by atoms with van der Waals surface area (Å²) >= 11 is 0. The van der Waals surface area contributed by atoms with Crippen molar-refractivity contribution in [2.75, 3.05) is 0 Å². The highest BCUT2D eigenvalue weighted by Gasteiger charge is 2.19. The van der Waals surface area contributed by atoms with Crippen LogP contribution in [0.4, 0.5) is 0 Å². The number of aromatic nitrogens is 2. The number of aryl methyl sites for hydroxylation is 1. The summed E-state index contributed by atoms with van der Waals surface area (Å²) in [5, 5.41) is 12.6. The van der Waals surface area contributed by atoms with Crippen molar-refractivity contribution in [3.63, 3.8) is 0 Å². The first-order valence-electron chi connectivity index (χ1n) is 11.3. The maximum absolute atomic E-state index is 10.2. The molecule has 0 saturated heterocycles. The van der Waals surface area contributed by atoms with E-state index in [-0.39, 0.29) is 0 Å². The van der Waals surface area contributed by atoms with Crippen LogP contribution >= 0.6 is 0 Å². The van der Waals surface area contributed by atoms with Gasteiger partial charge in [-0.15, -0.1) is 0 Å². The molecule has 0 saturated carbocycles. The third-order valence-corrected chi connectivity index (χ3v) is 6.40. The quantitative estimate of drug-likeness (QED) is 0.286. The Hall–Kier alpha value is -4.68. The first kappa shape index (κ1) is 20.0. The van der Waals surface area contributed by atoms with E-state index in [1.807, 2.05) is 24.3 Å². The summed E-state index contributed by atoms with van der Waals surface area (Å²) in [5.41, 5.74) is 9.19. The van der Waals surface area contributed by atoms with Crippen LogP contribution in [0.25, 0.3) is 49.7 Å². The molecule has 0 aliphatic carbocycles. The topological polar surface area (TPSA) is 41.6 Å². The Morgan fingerprint density at radius 2 is 1.38 bits per heavy atom. The van der Waals surface area contributed by atoms with Gasteiger partial charge in [0.25, 0.3) is 0 Å². The van der Waals surface area contributed by atoms with Crippen LogP contribution in [0.5, 0.6) is 0 Å². The highest BCUT2D eigenvalue weighted by atomic mass is 15.0. The summed E-state index contributed by atoms with van der Waals surface area (Å²) in [6.45, 7) is 2.12. The van der Waals surface area contributed by atoms with Crippen LogP contribution < -0.4 is 0 Å². The van der Waals surface area contributed by atoms with Crippen molar-refractivity contribution in [3.8, 4) is 34.0 Å². The molecule has 4 aromatic carbocycles. The molecule has 0 fully saturated rings. The first-order valence-corrected chi connectivity index (χ1v) is 11.3. The number of nitriles is 1. The van der Waals surface area contributed by atoms with Gasteiger partial charge in [0.2, 0.25) is 0 Å². The Labute approximate surface area is 198 Å². The summed E-state index contributed by atoms with van der Waals surface area (Å²) in [7, 11) is 0. The van der Waals surface area contributed by atoms with Crippen molar-refractivity contribution in [1.82, 2.24) is 9.55 Å². The molecule has 160 valence electrons. The number of pyridine rings is 1. The van der Waals surface area contributed by atoms with Gasteiger partial charge in [-0.25, -0.2) is 0 Å². The minimum Gasteiger partial charge on any atom is -0.309 e. The molecule has 2 heterocycles. The third kappa shape index (κ3) is 3.17. The van der Waals surface area contributed by atoms with Gasteiger partial charge in [-0.1, -0.05) is 60.2 Å². The number of hydrogen-bond acceptors (Lipinski definition) is 2. The monoisotopic (exact) mass is 435 g/mol. The first-order chi connectivity index (χ1) is 16.7. The van der Waals surface area contributed by atoms with Gasteiger partial charge in [0.1, 0.15) is 0 Å². The third-order valence-electron chi connectivity index (χ3n) is 6.40. The van der Waals surface area contributed by atoms with Crippen molar-refractivity contribution >= 4 is 21.8 Å². The Balaban J connectivity index is 1.76. The average Bonchev–Trinajstić information content (AvgIpc) is 3.22. The normalized spacial score (nSPS) is 11.1. The number of nitrogens with zero attached hydrogens (tertiary/aromatic N) is 3. The van der Waals surface area contributed by atoms with Crippen LogP contribution in [-0.4, -0.2) is 9.55 Å². The molecule has 3 heteroatoms. The SMILES string of the molecule is Cc1ccc2c(c1)c1ccccc1n2-c1cc(C#N)c(-c2ccncc2)cc1-c1ccccc1. The fourth-order valence-corrected chi connectivity index (χ4v) is 4.83. The van der Waals surface area contributed by atoms with Gasteiger partial charge in [0.05, 0.1) is 28.4 Å². The van der Waals surface area contributed by atoms with Gasteiger partial charge in [-0.3, -0.25) is 4.98 Å². The smallest absolute Gasteiger partial charge is 0.0998 e. The molecule has 6 aromatic rings. The van der Waals surface area contributed by atoms with Crippen LogP contribution in [0.15, 0.2) is 109 Å². The lowest BCUT2D eigenvalue weighted by Gasteiger charge is -2.17. The second-order valence-corrected chi connectivity index (χ2v) is 8.50. The van der Waals surface area contributed by atoms with E-state index in [1.165, 1.54) is 16.3 Å². The van der Waals surface area contributed by atoms with Gasteiger partial charge in [0, 0.05) is 34.3 Å². The lowest BCUT2D eigenvalue weighted by atomic mass is 9.93. The average molecular weight is 436 g/mol. The largest absolute Gasteiger partial charge is 0.309 e. The second kappa shape index (κ2) is 8.03. The van der Waals surface area contributed by atoms with Gasteiger partial charge in [-0.2, -0.15) is 5.26 Å². The number of fused-ring (bicyclic) bond motifs is 3.